The average molecular weight is 239 g/mol. The van der Waals surface area contributed by atoms with Crippen molar-refractivity contribution in [1.29, 1.82) is 0 Å². The van der Waals surface area contributed by atoms with Crippen LogP contribution in [0.4, 0.5) is 0 Å². The van der Waals surface area contributed by atoms with Gasteiger partial charge in [-0.1, -0.05) is 19.8 Å². The molecule has 100 valence electrons. The summed E-state index contributed by atoms with van der Waals surface area (Å²) >= 11 is 0. The summed E-state index contributed by atoms with van der Waals surface area (Å²) < 4.78 is 5.92. The van der Waals surface area contributed by atoms with Gasteiger partial charge in [0.25, 0.3) is 0 Å². The highest BCUT2D eigenvalue weighted by Crippen LogP contribution is 2.37. The molecule has 1 saturated carbocycles. The Kier molecular flexibility index (Phi) is 4.48. The normalized spacial score (nSPS) is 42.9. The molecule has 0 aromatic heterocycles. The molecule has 0 amide bonds. The van der Waals surface area contributed by atoms with Crippen molar-refractivity contribution in [3.8, 4) is 0 Å². The zero-order valence-electron chi connectivity index (χ0n) is 11.6. The monoisotopic (exact) mass is 239 g/mol. The molecule has 2 aliphatic rings. The molecule has 2 fully saturated rings. The fourth-order valence-corrected chi connectivity index (χ4v) is 3.64. The lowest BCUT2D eigenvalue weighted by molar-refractivity contribution is 0.0285. The van der Waals surface area contributed by atoms with Crippen LogP contribution in [0, 0.1) is 5.92 Å². The summed E-state index contributed by atoms with van der Waals surface area (Å²) in [5.41, 5.74) is 6.65. The van der Waals surface area contributed by atoms with Gasteiger partial charge in [0.2, 0.25) is 0 Å². The second-order valence-corrected chi connectivity index (χ2v) is 6.44. The quantitative estimate of drug-likeness (QED) is 0.813. The van der Waals surface area contributed by atoms with Gasteiger partial charge in [-0.25, -0.2) is 0 Å². The van der Waals surface area contributed by atoms with Gasteiger partial charge in [0.1, 0.15) is 0 Å². The lowest BCUT2D eigenvalue weighted by atomic mass is 9.73. The molecule has 2 rings (SSSR count). The first-order valence-electron chi connectivity index (χ1n) is 7.55. The third-order valence-electron chi connectivity index (χ3n) is 4.75. The minimum atomic E-state index is 0.0823. The lowest BCUT2D eigenvalue weighted by Gasteiger charge is -2.38. The molecule has 2 nitrogen and oxygen atoms in total. The van der Waals surface area contributed by atoms with E-state index >= 15 is 0 Å². The minimum Gasteiger partial charge on any atom is -0.375 e. The second kappa shape index (κ2) is 5.71. The zero-order valence-corrected chi connectivity index (χ0v) is 11.6. The third kappa shape index (κ3) is 3.69. The minimum absolute atomic E-state index is 0.0823. The molecule has 2 unspecified atom stereocenters. The van der Waals surface area contributed by atoms with E-state index < -0.39 is 0 Å². The summed E-state index contributed by atoms with van der Waals surface area (Å²) in [7, 11) is 0. The highest BCUT2D eigenvalue weighted by atomic mass is 16.5. The Labute approximate surface area is 106 Å². The molecule has 2 heteroatoms. The zero-order chi connectivity index (χ0) is 12.3. The Balaban J connectivity index is 1.77. The number of hydrogen-bond donors (Lipinski definition) is 1. The van der Waals surface area contributed by atoms with Crippen molar-refractivity contribution >= 4 is 0 Å². The molecule has 0 spiro atoms. The van der Waals surface area contributed by atoms with Crippen LogP contribution in [-0.2, 0) is 4.74 Å². The lowest BCUT2D eigenvalue weighted by Crippen LogP contribution is -2.45. The molecule has 0 aromatic rings. The van der Waals surface area contributed by atoms with Gasteiger partial charge in [-0.2, -0.15) is 0 Å². The molecule has 2 N–H and O–H groups in total. The van der Waals surface area contributed by atoms with Crippen LogP contribution in [0.15, 0.2) is 0 Å². The SMILES string of the molecule is CCCC1CCC(N)(CC2CCC(C)O2)CC1. The van der Waals surface area contributed by atoms with Crippen LogP contribution < -0.4 is 5.73 Å². The van der Waals surface area contributed by atoms with Gasteiger partial charge in [0.05, 0.1) is 12.2 Å². The van der Waals surface area contributed by atoms with E-state index in [0.29, 0.717) is 12.2 Å². The number of rotatable bonds is 4. The standard InChI is InChI=1S/C15H29NO/c1-3-4-13-7-9-15(16,10-8-13)11-14-6-5-12(2)17-14/h12-14H,3-11,16H2,1-2H3. The maximum Gasteiger partial charge on any atom is 0.0597 e. The third-order valence-corrected chi connectivity index (χ3v) is 4.75. The van der Waals surface area contributed by atoms with Crippen molar-refractivity contribution in [3.63, 3.8) is 0 Å². The van der Waals surface area contributed by atoms with E-state index in [1.165, 1.54) is 51.4 Å². The van der Waals surface area contributed by atoms with Gasteiger partial charge < -0.3 is 10.5 Å². The summed E-state index contributed by atoms with van der Waals surface area (Å²) in [6.45, 7) is 4.47. The van der Waals surface area contributed by atoms with Crippen molar-refractivity contribution in [2.24, 2.45) is 11.7 Å². The van der Waals surface area contributed by atoms with Crippen LogP contribution in [0.5, 0.6) is 0 Å². The van der Waals surface area contributed by atoms with Crippen molar-refractivity contribution in [2.75, 3.05) is 0 Å². The highest BCUT2D eigenvalue weighted by Gasteiger charge is 2.35. The predicted molar refractivity (Wildman–Crippen MR) is 72.0 cm³/mol. The van der Waals surface area contributed by atoms with Crippen molar-refractivity contribution in [3.05, 3.63) is 0 Å². The van der Waals surface area contributed by atoms with Crippen molar-refractivity contribution in [2.45, 2.75) is 89.4 Å². The Morgan fingerprint density at radius 1 is 1.18 bits per heavy atom. The van der Waals surface area contributed by atoms with E-state index in [2.05, 4.69) is 13.8 Å². The fraction of sp³-hybridized carbons (Fsp3) is 1.00. The summed E-state index contributed by atoms with van der Waals surface area (Å²) in [4.78, 5) is 0. The summed E-state index contributed by atoms with van der Waals surface area (Å²) in [6.07, 6.45) is 12.3. The van der Waals surface area contributed by atoms with E-state index in [-0.39, 0.29) is 5.54 Å². The maximum absolute atomic E-state index is 6.56. The smallest absolute Gasteiger partial charge is 0.0597 e. The average Bonchev–Trinajstić information content (AvgIpc) is 2.68. The van der Waals surface area contributed by atoms with Crippen LogP contribution >= 0.6 is 0 Å². The number of nitrogens with two attached hydrogens (primary N) is 1. The Bertz CT molecular complexity index is 233. The first-order chi connectivity index (χ1) is 8.11. The molecule has 0 radical (unpaired) electrons. The molecule has 2 atom stereocenters. The van der Waals surface area contributed by atoms with Crippen LogP contribution in [0.1, 0.15) is 71.6 Å². The predicted octanol–water partition coefficient (Wildman–Crippen LogP) is 3.63. The summed E-state index contributed by atoms with van der Waals surface area (Å²) in [5.74, 6) is 0.945. The topological polar surface area (TPSA) is 35.2 Å². The first-order valence-corrected chi connectivity index (χ1v) is 7.55. The van der Waals surface area contributed by atoms with E-state index in [1.54, 1.807) is 0 Å². The Morgan fingerprint density at radius 3 is 2.41 bits per heavy atom. The molecule has 1 saturated heterocycles. The molecule has 1 heterocycles. The van der Waals surface area contributed by atoms with Crippen LogP contribution in [0.2, 0.25) is 0 Å². The molecule has 1 aliphatic carbocycles. The number of ether oxygens (including phenoxy) is 1. The largest absolute Gasteiger partial charge is 0.375 e. The molecule has 0 aromatic carbocycles. The van der Waals surface area contributed by atoms with Gasteiger partial charge in [-0.3, -0.25) is 0 Å². The number of hydrogen-bond acceptors (Lipinski definition) is 2. The molecular formula is C15H29NO. The van der Waals surface area contributed by atoms with Gasteiger partial charge in [-0.15, -0.1) is 0 Å². The van der Waals surface area contributed by atoms with Crippen LogP contribution in [0.25, 0.3) is 0 Å². The summed E-state index contributed by atoms with van der Waals surface area (Å²) in [6, 6.07) is 0. The maximum atomic E-state index is 6.56. The Hall–Kier alpha value is -0.0800. The van der Waals surface area contributed by atoms with Crippen LogP contribution in [0.3, 0.4) is 0 Å². The first kappa shape index (κ1) is 13.4. The van der Waals surface area contributed by atoms with Crippen molar-refractivity contribution in [1.82, 2.24) is 0 Å². The molecule has 1 aliphatic heterocycles. The van der Waals surface area contributed by atoms with Gasteiger partial charge >= 0.3 is 0 Å². The van der Waals surface area contributed by atoms with E-state index in [1.807, 2.05) is 0 Å². The molecular weight excluding hydrogens is 210 g/mol. The molecule has 0 bridgehead atoms. The fourth-order valence-electron chi connectivity index (χ4n) is 3.64. The van der Waals surface area contributed by atoms with Crippen molar-refractivity contribution < 1.29 is 4.74 Å². The van der Waals surface area contributed by atoms with Gasteiger partial charge in [0.15, 0.2) is 0 Å². The second-order valence-electron chi connectivity index (χ2n) is 6.44. The van der Waals surface area contributed by atoms with Gasteiger partial charge in [0, 0.05) is 5.54 Å². The van der Waals surface area contributed by atoms with Crippen LogP contribution in [-0.4, -0.2) is 17.7 Å². The molecule has 17 heavy (non-hydrogen) atoms. The van der Waals surface area contributed by atoms with E-state index in [0.717, 1.165) is 12.3 Å². The Morgan fingerprint density at radius 2 is 1.88 bits per heavy atom. The van der Waals surface area contributed by atoms with E-state index in [4.69, 9.17) is 10.5 Å². The summed E-state index contributed by atoms with van der Waals surface area (Å²) in [5, 5.41) is 0. The highest BCUT2D eigenvalue weighted by molar-refractivity contribution is 4.93. The van der Waals surface area contributed by atoms with E-state index in [9.17, 15) is 0 Å². The van der Waals surface area contributed by atoms with Gasteiger partial charge in [-0.05, 0) is 57.8 Å².